The van der Waals surface area contributed by atoms with Gasteiger partial charge in [-0.25, -0.2) is 0 Å². The predicted octanol–water partition coefficient (Wildman–Crippen LogP) is 2.98. The Kier molecular flexibility index (Phi) is 5.62. The van der Waals surface area contributed by atoms with Gasteiger partial charge < -0.3 is 15.2 Å². The summed E-state index contributed by atoms with van der Waals surface area (Å²) in [6.45, 7) is 3.53. The fraction of sp³-hybridized carbons (Fsp3) is 0.588. The molecule has 1 aromatic rings. The van der Waals surface area contributed by atoms with Crippen molar-refractivity contribution in [3.05, 3.63) is 29.3 Å². The van der Waals surface area contributed by atoms with Gasteiger partial charge in [-0.05, 0) is 38.3 Å². The molecule has 1 aliphatic carbocycles. The van der Waals surface area contributed by atoms with Crippen molar-refractivity contribution in [2.45, 2.75) is 39.2 Å². The largest absolute Gasteiger partial charge is 0.496 e. The van der Waals surface area contributed by atoms with Crippen LogP contribution in [0.25, 0.3) is 0 Å². The number of aryl methyl sites for hydroxylation is 1. The van der Waals surface area contributed by atoms with Gasteiger partial charge in [-0.15, -0.1) is 0 Å². The van der Waals surface area contributed by atoms with Crippen molar-refractivity contribution >= 4 is 5.97 Å². The van der Waals surface area contributed by atoms with Crippen LogP contribution in [0.5, 0.6) is 5.75 Å². The molecule has 4 heteroatoms. The number of hydrogen-bond acceptors (Lipinski definition) is 3. The molecule has 21 heavy (non-hydrogen) atoms. The molecule has 0 amide bonds. The van der Waals surface area contributed by atoms with E-state index in [9.17, 15) is 9.90 Å². The van der Waals surface area contributed by atoms with Crippen LogP contribution in [0.2, 0.25) is 0 Å². The van der Waals surface area contributed by atoms with E-state index in [1.807, 2.05) is 12.1 Å². The fourth-order valence-corrected chi connectivity index (χ4v) is 3.21. The minimum absolute atomic E-state index is 0.189. The number of carboxylic acid groups (broad SMARTS) is 1. The first kappa shape index (κ1) is 15.8. The lowest BCUT2D eigenvalue weighted by atomic mass is 9.79. The van der Waals surface area contributed by atoms with Gasteiger partial charge in [0.05, 0.1) is 13.0 Å². The van der Waals surface area contributed by atoms with Crippen LogP contribution in [0.15, 0.2) is 18.2 Å². The Morgan fingerprint density at radius 1 is 1.38 bits per heavy atom. The van der Waals surface area contributed by atoms with Crippen molar-refractivity contribution in [2.75, 3.05) is 13.7 Å². The van der Waals surface area contributed by atoms with E-state index in [0.717, 1.165) is 43.5 Å². The van der Waals surface area contributed by atoms with Crippen LogP contribution in [-0.4, -0.2) is 24.7 Å². The Balaban J connectivity index is 1.91. The standard InChI is InChI=1S/C17H25NO3/c1-12-7-8-16(21-2)14(9-12)11-18-10-13-5-3-4-6-15(13)17(19)20/h7-9,13,15,18H,3-6,10-11H2,1-2H3,(H,19,20). The van der Waals surface area contributed by atoms with Gasteiger partial charge >= 0.3 is 5.97 Å². The summed E-state index contributed by atoms with van der Waals surface area (Å²) in [6.07, 6.45) is 4.01. The normalized spacial score (nSPS) is 22.0. The molecule has 0 saturated heterocycles. The Labute approximate surface area is 126 Å². The summed E-state index contributed by atoms with van der Waals surface area (Å²) < 4.78 is 5.37. The smallest absolute Gasteiger partial charge is 0.306 e. The number of carbonyl (C=O) groups is 1. The molecule has 0 heterocycles. The van der Waals surface area contributed by atoms with Crippen molar-refractivity contribution in [3.8, 4) is 5.75 Å². The van der Waals surface area contributed by atoms with E-state index in [1.165, 1.54) is 5.56 Å². The maximum absolute atomic E-state index is 11.3. The molecular weight excluding hydrogens is 266 g/mol. The zero-order valence-electron chi connectivity index (χ0n) is 12.9. The first-order valence-corrected chi connectivity index (χ1v) is 7.69. The lowest BCUT2D eigenvalue weighted by Crippen LogP contribution is -2.34. The highest BCUT2D eigenvalue weighted by atomic mass is 16.5. The highest BCUT2D eigenvalue weighted by molar-refractivity contribution is 5.70. The van der Waals surface area contributed by atoms with Crippen LogP contribution in [-0.2, 0) is 11.3 Å². The SMILES string of the molecule is COc1ccc(C)cc1CNCC1CCCCC1C(=O)O. The summed E-state index contributed by atoms with van der Waals surface area (Å²) in [5.74, 6) is 0.291. The van der Waals surface area contributed by atoms with Crippen LogP contribution < -0.4 is 10.1 Å². The van der Waals surface area contributed by atoms with E-state index >= 15 is 0 Å². The second kappa shape index (κ2) is 7.46. The van der Waals surface area contributed by atoms with E-state index in [-0.39, 0.29) is 11.8 Å². The average molecular weight is 291 g/mol. The van der Waals surface area contributed by atoms with E-state index in [1.54, 1.807) is 7.11 Å². The average Bonchev–Trinajstić information content (AvgIpc) is 2.48. The number of benzene rings is 1. The van der Waals surface area contributed by atoms with Gasteiger partial charge in [-0.2, -0.15) is 0 Å². The summed E-state index contributed by atoms with van der Waals surface area (Å²) in [5.41, 5.74) is 2.33. The molecular formula is C17H25NO3. The third-order valence-corrected chi connectivity index (χ3v) is 4.38. The molecule has 1 aliphatic rings. The third-order valence-electron chi connectivity index (χ3n) is 4.38. The van der Waals surface area contributed by atoms with Crippen molar-refractivity contribution in [1.82, 2.24) is 5.32 Å². The van der Waals surface area contributed by atoms with Crippen LogP contribution in [0.4, 0.5) is 0 Å². The number of rotatable bonds is 6. The van der Waals surface area contributed by atoms with Gasteiger partial charge in [-0.1, -0.05) is 30.5 Å². The molecule has 0 aliphatic heterocycles. The number of aliphatic carboxylic acids is 1. The molecule has 1 aromatic carbocycles. The predicted molar refractivity (Wildman–Crippen MR) is 82.5 cm³/mol. The lowest BCUT2D eigenvalue weighted by molar-refractivity contribution is -0.144. The monoisotopic (exact) mass is 291 g/mol. The summed E-state index contributed by atoms with van der Waals surface area (Å²) >= 11 is 0. The molecule has 0 aromatic heterocycles. The molecule has 0 radical (unpaired) electrons. The number of hydrogen-bond donors (Lipinski definition) is 2. The maximum Gasteiger partial charge on any atom is 0.306 e. The first-order chi connectivity index (χ1) is 10.1. The summed E-state index contributed by atoms with van der Waals surface area (Å²) in [7, 11) is 1.68. The van der Waals surface area contributed by atoms with Crippen LogP contribution in [0, 0.1) is 18.8 Å². The van der Waals surface area contributed by atoms with E-state index < -0.39 is 5.97 Å². The number of methoxy groups -OCH3 is 1. The molecule has 2 rings (SSSR count). The Morgan fingerprint density at radius 3 is 2.86 bits per heavy atom. The number of nitrogens with one attached hydrogen (secondary N) is 1. The lowest BCUT2D eigenvalue weighted by Gasteiger charge is -2.28. The van der Waals surface area contributed by atoms with Gasteiger partial charge in [0.25, 0.3) is 0 Å². The van der Waals surface area contributed by atoms with Crippen molar-refractivity contribution in [1.29, 1.82) is 0 Å². The van der Waals surface area contributed by atoms with E-state index in [2.05, 4.69) is 18.3 Å². The Hall–Kier alpha value is -1.55. The molecule has 116 valence electrons. The molecule has 2 atom stereocenters. The van der Waals surface area contributed by atoms with Crippen molar-refractivity contribution < 1.29 is 14.6 Å². The number of carboxylic acids is 1. The Bertz CT molecular complexity index is 487. The first-order valence-electron chi connectivity index (χ1n) is 7.69. The zero-order valence-corrected chi connectivity index (χ0v) is 12.9. The molecule has 0 bridgehead atoms. The van der Waals surface area contributed by atoms with Crippen molar-refractivity contribution in [2.24, 2.45) is 11.8 Å². The minimum Gasteiger partial charge on any atom is -0.496 e. The molecule has 1 saturated carbocycles. The second-order valence-electron chi connectivity index (χ2n) is 5.94. The highest BCUT2D eigenvalue weighted by Gasteiger charge is 2.30. The topological polar surface area (TPSA) is 58.6 Å². The quantitative estimate of drug-likeness (QED) is 0.846. The summed E-state index contributed by atoms with van der Waals surface area (Å²) in [6, 6.07) is 6.12. The van der Waals surface area contributed by atoms with Crippen LogP contribution >= 0.6 is 0 Å². The van der Waals surface area contributed by atoms with Gasteiger partial charge in [0.2, 0.25) is 0 Å². The second-order valence-corrected chi connectivity index (χ2v) is 5.94. The maximum atomic E-state index is 11.3. The minimum atomic E-state index is -0.644. The summed E-state index contributed by atoms with van der Waals surface area (Å²) in [4.78, 5) is 11.3. The molecule has 2 unspecified atom stereocenters. The summed E-state index contributed by atoms with van der Waals surface area (Å²) in [5, 5.41) is 12.7. The Morgan fingerprint density at radius 2 is 2.14 bits per heavy atom. The van der Waals surface area contributed by atoms with Crippen molar-refractivity contribution in [3.63, 3.8) is 0 Å². The fourth-order valence-electron chi connectivity index (χ4n) is 3.21. The zero-order chi connectivity index (χ0) is 15.2. The van der Waals surface area contributed by atoms with Crippen LogP contribution in [0.3, 0.4) is 0 Å². The third kappa shape index (κ3) is 4.21. The molecule has 4 nitrogen and oxygen atoms in total. The molecule has 2 N–H and O–H groups in total. The van der Waals surface area contributed by atoms with Gasteiger partial charge in [0.1, 0.15) is 5.75 Å². The van der Waals surface area contributed by atoms with E-state index in [4.69, 9.17) is 4.74 Å². The van der Waals surface area contributed by atoms with Gasteiger partial charge in [0, 0.05) is 12.1 Å². The van der Waals surface area contributed by atoms with Gasteiger partial charge in [0.15, 0.2) is 0 Å². The van der Waals surface area contributed by atoms with Gasteiger partial charge in [-0.3, -0.25) is 4.79 Å². The molecule has 1 fully saturated rings. The molecule has 0 spiro atoms. The van der Waals surface area contributed by atoms with Crippen LogP contribution in [0.1, 0.15) is 36.8 Å². The van der Waals surface area contributed by atoms with E-state index in [0.29, 0.717) is 6.54 Å². The highest BCUT2D eigenvalue weighted by Crippen LogP contribution is 2.30. The number of ether oxygens (including phenoxy) is 1.